The first-order chi connectivity index (χ1) is 13.2. The number of rotatable bonds is 8. The lowest BCUT2D eigenvalue weighted by Gasteiger charge is -2.29. The molecular formula is C26H37P. The van der Waals surface area contributed by atoms with Crippen LogP contribution in [0.1, 0.15) is 88.7 Å². The molecule has 0 aromatic heterocycles. The number of aryl methyl sites for hydroxylation is 1. The molecule has 3 rings (SSSR count). The molecule has 1 aliphatic rings. The van der Waals surface area contributed by atoms with Gasteiger partial charge in [-0.3, -0.25) is 0 Å². The van der Waals surface area contributed by atoms with Gasteiger partial charge in [0.05, 0.1) is 0 Å². The summed E-state index contributed by atoms with van der Waals surface area (Å²) in [6.07, 6.45) is 13.7. The van der Waals surface area contributed by atoms with Crippen molar-refractivity contribution in [1.82, 2.24) is 0 Å². The van der Waals surface area contributed by atoms with E-state index in [4.69, 9.17) is 0 Å². The molecule has 0 spiro atoms. The van der Waals surface area contributed by atoms with Crippen molar-refractivity contribution in [2.45, 2.75) is 84.0 Å². The monoisotopic (exact) mass is 380 g/mol. The third-order valence-electron chi connectivity index (χ3n) is 6.44. The minimum absolute atomic E-state index is 0.783. The molecule has 1 heteroatoms. The van der Waals surface area contributed by atoms with Gasteiger partial charge >= 0.3 is 0 Å². The summed E-state index contributed by atoms with van der Waals surface area (Å²) < 4.78 is 0. The number of hydrogen-bond donors (Lipinski definition) is 0. The second kappa shape index (κ2) is 10.4. The van der Waals surface area contributed by atoms with Crippen LogP contribution in [-0.4, -0.2) is 0 Å². The fraction of sp³-hybridized carbons (Fsp3) is 0.538. The van der Waals surface area contributed by atoms with Gasteiger partial charge in [-0.1, -0.05) is 82.3 Å². The Balaban J connectivity index is 1.59. The molecule has 2 aromatic rings. The van der Waals surface area contributed by atoms with E-state index in [0.717, 1.165) is 11.8 Å². The van der Waals surface area contributed by atoms with E-state index in [9.17, 15) is 0 Å². The highest BCUT2D eigenvalue weighted by molar-refractivity contribution is 7.27. The molecule has 0 amide bonds. The fourth-order valence-electron chi connectivity index (χ4n) is 4.69. The first kappa shape index (κ1) is 20.6. The lowest BCUT2D eigenvalue weighted by atomic mass is 9.77. The van der Waals surface area contributed by atoms with E-state index in [-0.39, 0.29) is 0 Å². The van der Waals surface area contributed by atoms with Gasteiger partial charge in [0.2, 0.25) is 0 Å². The van der Waals surface area contributed by atoms with E-state index in [1.165, 1.54) is 86.2 Å². The van der Waals surface area contributed by atoms with Gasteiger partial charge in [0.25, 0.3) is 0 Å². The maximum Gasteiger partial charge on any atom is -0.0162 e. The van der Waals surface area contributed by atoms with Crippen molar-refractivity contribution in [3.63, 3.8) is 0 Å². The van der Waals surface area contributed by atoms with E-state index in [1.807, 2.05) is 0 Å². The van der Waals surface area contributed by atoms with Crippen molar-refractivity contribution >= 4 is 14.5 Å². The van der Waals surface area contributed by atoms with E-state index in [1.54, 1.807) is 5.56 Å². The molecule has 0 N–H and O–H groups in total. The van der Waals surface area contributed by atoms with Gasteiger partial charge in [0.1, 0.15) is 0 Å². The van der Waals surface area contributed by atoms with E-state index < -0.39 is 0 Å². The highest BCUT2D eigenvalue weighted by atomic mass is 31.0. The lowest BCUT2D eigenvalue weighted by Crippen LogP contribution is -2.13. The summed E-state index contributed by atoms with van der Waals surface area (Å²) in [6.45, 7) is 4.55. The summed E-state index contributed by atoms with van der Waals surface area (Å²) in [5, 5.41) is 1.35. The smallest absolute Gasteiger partial charge is 0.0162 e. The van der Waals surface area contributed by atoms with Gasteiger partial charge in [-0.05, 0) is 77.6 Å². The number of hydrogen-bond acceptors (Lipinski definition) is 0. The molecule has 1 fully saturated rings. The normalized spacial score (nSPS) is 20.0. The molecular weight excluding hydrogens is 343 g/mol. The van der Waals surface area contributed by atoms with Crippen molar-refractivity contribution in [3.05, 3.63) is 53.6 Å². The Labute approximate surface area is 169 Å². The highest BCUT2D eigenvalue weighted by Crippen LogP contribution is 2.38. The van der Waals surface area contributed by atoms with Gasteiger partial charge in [-0.2, -0.15) is 0 Å². The molecule has 0 radical (unpaired) electrons. The third-order valence-corrected chi connectivity index (χ3v) is 6.98. The van der Waals surface area contributed by atoms with Crippen LogP contribution in [0.3, 0.4) is 0 Å². The standard InChI is InChI=1S/C26H37P/c1-3-5-6-8-20-9-11-21(12-10-20)22-13-15-23(16-14-22)25-18-17-24(7-4-2)26(27)19-25/h13-21H,3-12,27H2,1-2H3. The zero-order valence-corrected chi connectivity index (χ0v) is 18.5. The minimum Gasteiger partial charge on any atom is -0.105 e. The summed E-state index contributed by atoms with van der Waals surface area (Å²) in [5.41, 5.74) is 5.70. The largest absolute Gasteiger partial charge is 0.105 e. The van der Waals surface area contributed by atoms with Gasteiger partial charge in [-0.15, -0.1) is 9.24 Å². The quantitative estimate of drug-likeness (QED) is 0.326. The van der Waals surface area contributed by atoms with Crippen molar-refractivity contribution in [1.29, 1.82) is 0 Å². The fourth-order valence-corrected chi connectivity index (χ4v) is 5.11. The highest BCUT2D eigenvalue weighted by Gasteiger charge is 2.22. The van der Waals surface area contributed by atoms with Crippen molar-refractivity contribution in [2.24, 2.45) is 5.92 Å². The summed E-state index contributed by atoms with van der Waals surface area (Å²) in [7, 11) is 2.92. The second-order valence-electron chi connectivity index (χ2n) is 8.50. The topological polar surface area (TPSA) is 0 Å². The molecule has 0 nitrogen and oxygen atoms in total. The summed E-state index contributed by atoms with van der Waals surface area (Å²) >= 11 is 0. The lowest BCUT2D eigenvalue weighted by molar-refractivity contribution is 0.303. The van der Waals surface area contributed by atoms with Crippen LogP contribution in [-0.2, 0) is 6.42 Å². The van der Waals surface area contributed by atoms with Gasteiger partial charge in [-0.25, -0.2) is 0 Å². The van der Waals surface area contributed by atoms with Crippen molar-refractivity contribution < 1.29 is 0 Å². The van der Waals surface area contributed by atoms with Crippen LogP contribution in [0.2, 0.25) is 0 Å². The van der Waals surface area contributed by atoms with Crippen LogP contribution in [0, 0.1) is 5.92 Å². The molecule has 1 saturated carbocycles. The molecule has 27 heavy (non-hydrogen) atoms. The van der Waals surface area contributed by atoms with Crippen molar-refractivity contribution in [2.75, 3.05) is 0 Å². The Kier molecular flexibility index (Phi) is 7.95. The number of benzene rings is 2. The van der Waals surface area contributed by atoms with Crippen LogP contribution >= 0.6 is 9.24 Å². The first-order valence-corrected chi connectivity index (χ1v) is 11.8. The summed E-state index contributed by atoms with van der Waals surface area (Å²) in [4.78, 5) is 0. The molecule has 1 aliphatic carbocycles. The Morgan fingerprint density at radius 1 is 0.815 bits per heavy atom. The Morgan fingerprint density at radius 2 is 1.52 bits per heavy atom. The average Bonchev–Trinajstić information content (AvgIpc) is 2.71. The van der Waals surface area contributed by atoms with Crippen LogP contribution in [0.4, 0.5) is 0 Å². The van der Waals surface area contributed by atoms with E-state index >= 15 is 0 Å². The van der Waals surface area contributed by atoms with Gasteiger partial charge in [0, 0.05) is 0 Å². The van der Waals surface area contributed by atoms with Crippen molar-refractivity contribution in [3.8, 4) is 11.1 Å². The molecule has 0 bridgehead atoms. The zero-order chi connectivity index (χ0) is 19.1. The minimum atomic E-state index is 0.783. The first-order valence-electron chi connectivity index (χ1n) is 11.2. The van der Waals surface area contributed by atoms with Gasteiger partial charge < -0.3 is 0 Å². The molecule has 1 unspecified atom stereocenters. The SMILES string of the molecule is CCCCCC1CCC(c2ccc(-c3ccc(CCC)c(P)c3)cc2)CC1. The Morgan fingerprint density at radius 3 is 2.15 bits per heavy atom. The zero-order valence-electron chi connectivity index (χ0n) is 17.3. The van der Waals surface area contributed by atoms with Crippen LogP contribution < -0.4 is 5.30 Å². The molecule has 1 atom stereocenters. The van der Waals surface area contributed by atoms with Gasteiger partial charge in [0.15, 0.2) is 0 Å². The van der Waals surface area contributed by atoms with Crippen LogP contribution in [0.5, 0.6) is 0 Å². The number of unbranched alkanes of at least 4 members (excludes halogenated alkanes) is 2. The molecule has 146 valence electrons. The Bertz CT molecular complexity index is 693. The molecule has 2 aromatic carbocycles. The van der Waals surface area contributed by atoms with E-state index in [0.29, 0.717) is 0 Å². The molecule has 0 heterocycles. The second-order valence-corrected chi connectivity index (χ2v) is 9.12. The van der Waals surface area contributed by atoms with Crippen LogP contribution in [0.25, 0.3) is 11.1 Å². The predicted molar refractivity (Wildman–Crippen MR) is 124 cm³/mol. The Hall–Kier alpha value is -1.13. The van der Waals surface area contributed by atoms with E-state index in [2.05, 4.69) is 65.6 Å². The molecule has 0 saturated heterocycles. The van der Waals surface area contributed by atoms with Crippen LogP contribution in [0.15, 0.2) is 42.5 Å². The average molecular weight is 381 g/mol. The third kappa shape index (κ3) is 5.68. The maximum absolute atomic E-state index is 2.92. The maximum atomic E-state index is 2.92. The summed E-state index contributed by atoms with van der Waals surface area (Å²) in [5.74, 6) is 1.78. The molecule has 0 aliphatic heterocycles. The summed E-state index contributed by atoms with van der Waals surface area (Å²) in [6, 6.07) is 16.4. The predicted octanol–water partition coefficient (Wildman–Crippen LogP) is 7.66.